The molecule has 2 aromatic heterocycles. The molecule has 0 aliphatic rings. The Morgan fingerprint density at radius 1 is 1.25 bits per heavy atom. The Labute approximate surface area is 124 Å². The van der Waals surface area contributed by atoms with Gasteiger partial charge in [-0.25, -0.2) is 9.97 Å². The zero-order valence-corrected chi connectivity index (χ0v) is 13.3. The highest BCUT2D eigenvalue weighted by molar-refractivity contribution is 6.29. The maximum Gasteiger partial charge on any atom is 0.137 e. The van der Waals surface area contributed by atoms with Crippen molar-refractivity contribution in [2.45, 2.75) is 39.7 Å². The lowest BCUT2D eigenvalue weighted by Gasteiger charge is -2.21. The number of hydrogen-bond donors (Lipinski definition) is 0. The predicted molar refractivity (Wildman–Crippen MR) is 81.3 cm³/mol. The lowest BCUT2D eigenvalue weighted by molar-refractivity contribution is 0.480. The van der Waals surface area contributed by atoms with Crippen LogP contribution in [0.2, 0.25) is 5.15 Å². The molecular formula is C15H20ClN3O. The summed E-state index contributed by atoms with van der Waals surface area (Å²) in [6, 6.07) is 5.70. The van der Waals surface area contributed by atoms with Gasteiger partial charge in [-0.15, -0.1) is 0 Å². The molecule has 0 bridgehead atoms. The van der Waals surface area contributed by atoms with Crippen molar-refractivity contribution in [3.8, 4) is 0 Å². The van der Waals surface area contributed by atoms with Crippen molar-refractivity contribution in [1.29, 1.82) is 0 Å². The van der Waals surface area contributed by atoms with Gasteiger partial charge in [0.1, 0.15) is 28.3 Å². The highest BCUT2D eigenvalue weighted by Crippen LogP contribution is 2.24. The summed E-state index contributed by atoms with van der Waals surface area (Å²) < 4.78 is 5.59. The molecule has 0 aromatic carbocycles. The van der Waals surface area contributed by atoms with Gasteiger partial charge in [0, 0.05) is 18.5 Å². The van der Waals surface area contributed by atoms with Gasteiger partial charge in [-0.3, -0.25) is 0 Å². The fraction of sp³-hybridized carbons (Fsp3) is 0.467. The fourth-order valence-corrected chi connectivity index (χ4v) is 2.00. The van der Waals surface area contributed by atoms with E-state index in [1.54, 1.807) is 6.07 Å². The maximum atomic E-state index is 6.11. The van der Waals surface area contributed by atoms with E-state index in [0.717, 1.165) is 23.2 Å². The number of rotatable bonds is 3. The molecule has 0 saturated heterocycles. The van der Waals surface area contributed by atoms with Gasteiger partial charge in [-0.2, -0.15) is 0 Å². The van der Waals surface area contributed by atoms with E-state index in [2.05, 4.69) is 30.7 Å². The molecule has 0 aliphatic heterocycles. The highest BCUT2D eigenvalue weighted by atomic mass is 35.5. The van der Waals surface area contributed by atoms with Crippen LogP contribution in [0.3, 0.4) is 0 Å². The van der Waals surface area contributed by atoms with Crippen LogP contribution in [-0.4, -0.2) is 17.0 Å². The number of aryl methyl sites for hydroxylation is 1. The topological polar surface area (TPSA) is 42.2 Å². The van der Waals surface area contributed by atoms with E-state index in [9.17, 15) is 0 Å². The van der Waals surface area contributed by atoms with Gasteiger partial charge >= 0.3 is 0 Å². The Hall–Kier alpha value is -1.55. The van der Waals surface area contributed by atoms with Crippen LogP contribution in [0.25, 0.3) is 0 Å². The first-order valence-electron chi connectivity index (χ1n) is 6.57. The average molecular weight is 294 g/mol. The fourth-order valence-electron chi connectivity index (χ4n) is 1.82. The minimum absolute atomic E-state index is 0.137. The summed E-state index contributed by atoms with van der Waals surface area (Å²) in [5, 5.41) is 0.461. The van der Waals surface area contributed by atoms with Crippen molar-refractivity contribution >= 4 is 17.4 Å². The van der Waals surface area contributed by atoms with Gasteiger partial charge in [-0.1, -0.05) is 32.4 Å². The molecule has 0 spiro atoms. The van der Waals surface area contributed by atoms with Crippen LogP contribution in [0, 0.1) is 6.92 Å². The quantitative estimate of drug-likeness (QED) is 0.803. The average Bonchev–Trinajstić information content (AvgIpc) is 2.72. The van der Waals surface area contributed by atoms with Crippen LogP contribution in [-0.2, 0) is 12.0 Å². The molecule has 0 radical (unpaired) electrons. The van der Waals surface area contributed by atoms with Gasteiger partial charge in [-0.05, 0) is 19.1 Å². The first-order valence-corrected chi connectivity index (χ1v) is 6.95. The van der Waals surface area contributed by atoms with Crippen LogP contribution < -0.4 is 4.90 Å². The van der Waals surface area contributed by atoms with Crippen LogP contribution in [0.4, 0.5) is 5.82 Å². The van der Waals surface area contributed by atoms with Gasteiger partial charge in [0.05, 0.1) is 6.54 Å². The molecular weight excluding hydrogens is 274 g/mol. The molecule has 0 amide bonds. The van der Waals surface area contributed by atoms with E-state index in [-0.39, 0.29) is 5.41 Å². The van der Waals surface area contributed by atoms with E-state index in [4.69, 9.17) is 16.0 Å². The summed E-state index contributed by atoms with van der Waals surface area (Å²) in [7, 11) is 1.96. The number of aromatic nitrogens is 2. The Morgan fingerprint density at radius 3 is 2.50 bits per heavy atom. The molecule has 2 heterocycles. The predicted octanol–water partition coefficient (Wildman–Crippen LogP) is 3.97. The molecule has 0 atom stereocenters. The Kier molecular flexibility index (Phi) is 4.04. The van der Waals surface area contributed by atoms with Gasteiger partial charge in [0.25, 0.3) is 0 Å². The monoisotopic (exact) mass is 293 g/mol. The second kappa shape index (κ2) is 5.44. The Bertz CT molecular complexity index is 601. The normalized spacial score (nSPS) is 11.7. The molecule has 4 nitrogen and oxygen atoms in total. The third kappa shape index (κ3) is 3.51. The summed E-state index contributed by atoms with van der Waals surface area (Å²) in [6.45, 7) is 8.78. The first-order chi connectivity index (χ1) is 9.25. The molecule has 5 heteroatoms. The lowest BCUT2D eigenvalue weighted by atomic mass is 9.96. The van der Waals surface area contributed by atoms with E-state index in [1.807, 2.05) is 31.0 Å². The smallest absolute Gasteiger partial charge is 0.137 e. The highest BCUT2D eigenvalue weighted by Gasteiger charge is 2.20. The van der Waals surface area contributed by atoms with Crippen molar-refractivity contribution in [3.63, 3.8) is 0 Å². The van der Waals surface area contributed by atoms with Crippen LogP contribution in [0.5, 0.6) is 0 Å². The molecule has 0 N–H and O–H groups in total. The number of furan rings is 1. The molecule has 0 saturated carbocycles. The number of nitrogens with zero attached hydrogens (tertiary/aromatic N) is 3. The van der Waals surface area contributed by atoms with Crippen LogP contribution >= 0.6 is 11.6 Å². The lowest BCUT2D eigenvalue weighted by Crippen LogP contribution is -2.22. The minimum Gasteiger partial charge on any atom is -0.464 e. The van der Waals surface area contributed by atoms with Crippen molar-refractivity contribution < 1.29 is 4.42 Å². The molecule has 2 rings (SSSR count). The van der Waals surface area contributed by atoms with E-state index in [0.29, 0.717) is 11.7 Å². The van der Waals surface area contributed by atoms with E-state index in [1.165, 1.54) is 0 Å². The van der Waals surface area contributed by atoms with E-state index < -0.39 is 0 Å². The summed E-state index contributed by atoms with van der Waals surface area (Å²) in [4.78, 5) is 10.9. The third-order valence-electron chi connectivity index (χ3n) is 2.93. The van der Waals surface area contributed by atoms with Gasteiger partial charge in [0.2, 0.25) is 0 Å². The summed E-state index contributed by atoms with van der Waals surface area (Å²) in [5.41, 5.74) is -0.137. The Balaban J connectivity index is 2.25. The molecule has 2 aromatic rings. The van der Waals surface area contributed by atoms with Crippen molar-refractivity contribution in [3.05, 3.63) is 40.7 Å². The molecule has 20 heavy (non-hydrogen) atoms. The zero-order valence-electron chi connectivity index (χ0n) is 12.6. The largest absolute Gasteiger partial charge is 0.464 e. The number of halogens is 1. The number of anilines is 1. The second-order valence-electron chi connectivity index (χ2n) is 5.99. The SMILES string of the molecule is Cc1ccc(CN(C)c2cc(Cl)nc(C(C)(C)C)n2)o1. The third-order valence-corrected chi connectivity index (χ3v) is 3.13. The molecule has 0 aliphatic carbocycles. The van der Waals surface area contributed by atoms with Crippen LogP contribution in [0.15, 0.2) is 22.6 Å². The molecule has 0 unspecified atom stereocenters. The molecule has 0 fully saturated rings. The summed E-state index contributed by atoms with van der Waals surface area (Å²) in [5.74, 6) is 3.34. The van der Waals surface area contributed by atoms with Crippen LogP contribution in [0.1, 0.15) is 38.1 Å². The standard InChI is InChI=1S/C15H20ClN3O/c1-10-6-7-11(20-10)9-19(5)13-8-12(16)17-14(18-13)15(2,3)4/h6-8H,9H2,1-5H3. The Morgan fingerprint density at radius 2 is 1.95 bits per heavy atom. The van der Waals surface area contributed by atoms with Crippen molar-refractivity contribution in [1.82, 2.24) is 9.97 Å². The minimum atomic E-state index is -0.137. The maximum absolute atomic E-state index is 6.11. The second-order valence-corrected chi connectivity index (χ2v) is 6.38. The molecule has 108 valence electrons. The summed E-state index contributed by atoms with van der Waals surface area (Å²) >= 11 is 6.11. The van der Waals surface area contributed by atoms with Crippen molar-refractivity contribution in [2.75, 3.05) is 11.9 Å². The van der Waals surface area contributed by atoms with Gasteiger partial charge < -0.3 is 9.32 Å². The van der Waals surface area contributed by atoms with Gasteiger partial charge in [0.15, 0.2) is 0 Å². The first kappa shape index (κ1) is 14.9. The van der Waals surface area contributed by atoms with E-state index >= 15 is 0 Å². The number of hydrogen-bond acceptors (Lipinski definition) is 4. The zero-order chi connectivity index (χ0) is 14.9. The summed E-state index contributed by atoms with van der Waals surface area (Å²) in [6.07, 6.45) is 0. The van der Waals surface area contributed by atoms with Crippen molar-refractivity contribution in [2.24, 2.45) is 0 Å².